The average molecular weight is 361 g/mol. The first-order valence-electron chi connectivity index (χ1n) is 5.12. The van der Waals surface area contributed by atoms with Crippen LogP contribution in [-0.4, -0.2) is 8.75 Å². The molecule has 0 radical (unpaired) electrons. The Morgan fingerprint density at radius 2 is 2.17 bits per heavy atom. The van der Waals surface area contributed by atoms with Gasteiger partial charge in [0.15, 0.2) is 0 Å². The zero-order valence-electron chi connectivity index (χ0n) is 8.98. The highest BCUT2D eigenvalue weighted by Gasteiger charge is 2.10. The highest BCUT2D eigenvalue weighted by atomic mass is 79.9. The van der Waals surface area contributed by atoms with Crippen LogP contribution >= 0.6 is 50.6 Å². The second kappa shape index (κ2) is 5.13. The van der Waals surface area contributed by atoms with Crippen molar-refractivity contribution in [2.45, 2.75) is 6.54 Å². The van der Waals surface area contributed by atoms with E-state index in [0.717, 1.165) is 21.2 Å². The van der Waals surface area contributed by atoms with Crippen LogP contribution in [0.2, 0.25) is 5.02 Å². The Kier molecular flexibility index (Phi) is 3.52. The zero-order valence-corrected chi connectivity index (χ0v) is 13.0. The maximum absolute atomic E-state index is 6.21. The second-order valence-corrected chi connectivity index (χ2v) is 6.39. The SMILES string of the molecule is Clc1ccc2nsnc2c1NCc1sccc1Br. The maximum Gasteiger partial charge on any atom is 0.129 e. The molecule has 3 rings (SSSR count). The number of nitrogens with one attached hydrogen (secondary N) is 1. The first-order chi connectivity index (χ1) is 8.75. The molecule has 0 aliphatic heterocycles. The predicted molar refractivity (Wildman–Crippen MR) is 81.8 cm³/mol. The van der Waals surface area contributed by atoms with E-state index in [2.05, 4.69) is 30.0 Å². The number of hydrogen-bond donors (Lipinski definition) is 1. The molecule has 92 valence electrons. The van der Waals surface area contributed by atoms with Gasteiger partial charge in [0.25, 0.3) is 0 Å². The maximum atomic E-state index is 6.21. The monoisotopic (exact) mass is 359 g/mol. The molecule has 0 unspecified atom stereocenters. The molecule has 0 atom stereocenters. The predicted octanol–water partition coefficient (Wildman–Crippen LogP) is 4.78. The molecule has 0 aliphatic rings. The third-order valence-electron chi connectivity index (χ3n) is 2.49. The van der Waals surface area contributed by atoms with Gasteiger partial charge in [-0.3, -0.25) is 0 Å². The molecule has 18 heavy (non-hydrogen) atoms. The van der Waals surface area contributed by atoms with Crippen molar-refractivity contribution in [3.05, 3.63) is 38.0 Å². The molecule has 0 amide bonds. The Bertz CT molecular complexity index is 694. The molecule has 0 aliphatic carbocycles. The van der Waals surface area contributed by atoms with Crippen molar-refractivity contribution < 1.29 is 0 Å². The molecule has 1 aromatic carbocycles. The average Bonchev–Trinajstić information content (AvgIpc) is 2.97. The largest absolute Gasteiger partial charge is 0.377 e. The molecule has 0 bridgehead atoms. The smallest absolute Gasteiger partial charge is 0.129 e. The standard InChI is InChI=1S/C11H7BrClN3S2/c12-6-3-4-17-9(6)5-14-10-7(13)1-2-8-11(10)16-18-15-8/h1-4,14H,5H2. The number of halogens is 2. The van der Waals surface area contributed by atoms with E-state index in [4.69, 9.17) is 11.6 Å². The molecule has 3 aromatic rings. The van der Waals surface area contributed by atoms with Crippen LogP contribution in [0.3, 0.4) is 0 Å². The van der Waals surface area contributed by atoms with Crippen molar-refractivity contribution in [2.24, 2.45) is 0 Å². The zero-order chi connectivity index (χ0) is 12.5. The van der Waals surface area contributed by atoms with Crippen LogP contribution in [0.1, 0.15) is 4.88 Å². The molecule has 0 fully saturated rings. The summed E-state index contributed by atoms with van der Waals surface area (Å²) in [5, 5.41) is 6.06. The number of hydrogen-bond acceptors (Lipinski definition) is 5. The first-order valence-corrected chi connectivity index (χ1v) is 7.90. The fourth-order valence-electron chi connectivity index (χ4n) is 1.61. The normalized spacial score (nSPS) is 11.0. The minimum Gasteiger partial charge on any atom is -0.377 e. The summed E-state index contributed by atoms with van der Waals surface area (Å²) in [5.41, 5.74) is 2.56. The second-order valence-electron chi connectivity index (χ2n) is 3.60. The van der Waals surface area contributed by atoms with Gasteiger partial charge in [0, 0.05) is 9.35 Å². The topological polar surface area (TPSA) is 37.8 Å². The van der Waals surface area contributed by atoms with E-state index in [0.29, 0.717) is 11.6 Å². The van der Waals surface area contributed by atoms with Gasteiger partial charge in [-0.2, -0.15) is 8.75 Å². The number of fused-ring (bicyclic) bond motifs is 1. The van der Waals surface area contributed by atoms with Crippen LogP contribution in [0.25, 0.3) is 11.0 Å². The summed E-state index contributed by atoms with van der Waals surface area (Å²) in [6, 6.07) is 5.76. The fraction of sp³-hybridized carbons (Fsp3) is 0.0909. The van der Waals surface area contributed by atoms with Crippen LogP contribution in [0.5, 0.6) is 0 Å². The van der Waals surface area contributed by atoms with Crippen LogP contribution in [-0.2, 0) is 6.54 Å². The Labute approximate surface area is 125 Å². The van der Waals surface area contributed by atoms with E-state index in [1.54, 1.807) is 11.3 Å². The van der Waals surface area contributed by atoms with E-state index in [9.17, 15) is 0 Å². The molecular weight excluding hydrogens is 354 g/mol. The summed E-state index contributed by atoms with van der Waals surface area (Å²) in [7, 11) is 0. The third-order valence-corrected chi connectivity index (χ3v) is 5.28. The molecule has 7 heteroatoms. The number of thiophene rings is 1. The van der Waals surface area contributed by atoms with E-state index < -0.39 is 0 Å². The molecule has 0 saturated carbocycles. The molecular formula is C11H7BrClN3S2. The summed E-state index contributed by atoms with van der Waals surface area (Å²) in [5.74, 6) is 0. The lowest BCUT2D eigenvalue weighted by Crippen LogP contribution is -1.99. The van der Waals surface area contributed by atoms with Crippen molar-refractivity contribution in [3.8, 4) is 0 Å². The number of rotatable bonds is 3. The Morgan fingerprint density at radius 3 is 2.94 bits per heavy atom. The van der Waals surface area contributed by atoms with Gasteiger partial charge in [0.05, 0.1) is 29.0 Å². The van der Waals surface area contributed by atoms with Gasteiger partial charge in [-0.25, -0.2) is 0 Å². The minimum atomic E-state index is 0.669. The van der Waals surface area contributed by atoms with Gasteiger partial charge >= 0.3 is 0 Å². The highest BCUT2D eigenvalue weighted by Crippen LogP contribution is 2.31. The molecule has 0 saturated heterocycles. The summed E-state index contributed by atoms with van der Waals surface area (Å²) in [6.07, 6.45) is 0. The number of anilines is 1. The highest BCUT2D eigenvalue weighted by molar-refractivity contribution is 9.10. The van der Waals surface area contributed by atoms with Gasteiger partial charge in [0.2, 0.25) is 0 Å². The van der Waals surface area contributed by atoms with Gasteiger partial charge in [-0.15, -0.1) is 11.3 Å². The molecule has 0 spiro atoms. The van der Waals surface area contributed by atoms with Crippen LogP contribution in [0, 0.1) is 0 Å². The Balaban J connectivity index is 1.92. The lowest BCUT2D eigenvalue weighted by molar-refractivity contribution is 1.19. The molecule has 1 N–H and O–H groups in total. The van der Waals surface area contributed by atoms with E-state index in [1.165, 1.54) is 16.6 Å². The van der Waals surface area contributed by atoms with Crippen LogP contribution in [0.15, 0.2) is 28.1 Å². The Morgan fingerprint density at radius 1 is 1.28 bits per heavy atom. The summed E-state index contributed by atoms with van der Waals surface area (Å²) in [6.45, 7) is 0.717. The summed E-state index contributed by atoms with van der Waals surface area (Å²) >= 11 is 12.6. The quantitative estimate of drug-likeness (QED) is 0.730. The summed E-state index contributed by atoms with van der Waals surface area (Å²) in [4.78, 5) is 1.23. The molecule has 3 nitrogen and oxygen atoms in total. The number of nitrogens with zero attached hydrogens (tertiary/aromatic N) is 2. The van der Waals surface area contributed by atoms with Gasteiger partial charge in [-0.05, 0) is 39.5 Å². The van der Waals surface area contributed by atoms with Gasteiger partial charge in [-0.1, -0.05) is 11.6 Å². The minimum absolute atomic E-state index is 0.669. The van der Waals surface area contributed by atoms with Gasteiger partial charge < -0.3 is 5.32 Å². The van der Waals surface area contributed by atoms with E-state index >= 15 is 0 Å². The number of benzene rings is 1. The van der Waals surface area contributed by atoms with Crippen molar-refractivity contribution in [1.82, 2.24) is 8.75 Å². The molecule has 2 aromatic heterocycles. The van der Waals surface area contributed by atoms with Crippen molar-refractivity contribution >= 4 is 67.3 Å². The van der Waals surface area contributed by atoms with Crippen molar-refractivity contribution in [3.63, 3.8) is 0 Å². The number of aromatic nitrogens is 2. The fourth-order valence-corrected chi connectivity index (χ4v) is 3.81. The van der Waals surface area contributed by atoms with Crippen LogP contribution in [0.4, 0.5) is 5.69 Å². The third kappa shape index (κ3) is 2.25. The van der Waals surface area contributed by atoms with E-state index in [-0.39, 0.29) is 0 Å². The van der Waals surface area contributed by atoms with Crippen molar-refractivity contribution in [1.29, 1.82) is 0 Å². The summed E-state index contributed by atoms with van der Waals surface area (Å²) < 4.78 is 9.60. The van der Waals surface area contributed by atoms with Gasteiger partial charge in [0.1, 0.15) is 11.0 Å². The first kappa shape index (κ1) is 12.3. The van der Waals surface area contributed by atoms with Crippen LogP contribution < -0.4 is 5.32 Å². The Hall–Kier alpha value is -0.690. The lowest BCUT2D eigenvalue weighted by Gasteiger charge is -2.07. The lowest BCUT2D eigenvalue weighted by atomic mass is 10.2. The van der Waals surface area contributed by atoms with Crippen molar-refractivity contribution in [2.75, 3.05) is 5.32 Å². The molecule has 2 heterocycles. The van der Waals surface area contributed by atoms with E-state index in [1.807, 2.05) is 23.6 Å².